The van der Waals surface area contributed by atoms with Gasteiger partial charge in [0.05, 0.1) is 13.7 Å². The molecule has 0 amide bonds. The highest BCUT2D eigenvalue weighted by molar-refractivity contribution is 7.99. The first-order valence-electron chi connectivity index (χ1n) is 8.02. The Bertz CT molecular complexity index is 493. The van der Waals surface area contributed by atoms with E-state index in [2.05, 4.69) is 21.9 Å². The number of thioether (sulfide) groups is 1. The predicted molar refractivity (Wildman–Crippen MR) is 97.9 cm³/mol. The number of benzene rings is 1. The van der Waals surface area contributed by atoms with Crippen LogP contribution in [0.5, 0.6) is 11.5 Å². The monoisotopic (exact) mass is 337 g/mol. The molecule has 1 fully saturated rings. The molecule has 1 aliphatic rings. The van der Waals surface area contributed by atoms with Crippen molar-refractivity contribution in [1.82, 2.24) is 10.6 Å². The minimum atomic E-state index is 0.529. The molecule has 0 spiro atoms. The molecule has 1 saturated carbocycles. The summed E-state index contributed by atoms with van der Waals surface area (Å²) < 4.78 is 10.8. The van der Waals surface area contributed by atoms with Gasteiger partial charge in [-0.3, -0.25) is 4.99 Å². The minimum absolute atomic E-state index is 0.529. The van der Waals surface area contributed by atoms with Gasteiger partial charge >= 0.3 is 0 Å². The number of methoxy groups -OCH3 is 1. The third-order valence-corrected chi connectivity index (χ3v) is 5.10. The van der Waals surface area contributed by atoms with Gasteiger partial charge in [-0.25, -0.2) is 0 Å². The lowest BCUT2D eigenvalue weighted by molar-refractivity contribution is 0.320. The normalized spacial score (nSPS) is 21.1. The summed E-state index contributed by atoms with van der Waals surface area (Å²) in [6.45, 7) is 1.30. The van der Waals surface area contributed by atoms with Crippen molar-refractivity contribution in [1.29, 1.82) is 0 Å². The lowest BCUT2D eigenvalue weighted by atomic mass is 10.2. The molecule has 0 aromatic heterocycles. The third kappa shape index (κ3) is 5.86. The van der Waals surface area contributed by atoms with Gasteiger partial charge in [0.1, 0.15) is 18.1 Å². The summed E-state index contributed by atoms with van der Waals surface area (Å²) in [5.41, 5.74) is 0. The lowest BCUT2D eigenvalue weighted by Crippen LogP contribution is -2.43. The maximum Gasteiger partial charge on any atom is 0.191 e. The first-order valence-corrected chi connectivity index (χ1v) is 9.30. The molecule has 0 heterocycles. The van der Waals surface area contributed by atoms with Crippen molar-refractivity contribution in [2.75, 3.05) is 33.6 Å². The molecule has 1 aromatic rings. The molecule has 2 atom stereocenters. The molecule has 0 bridgehead atoms. The van der Waals surface area contributed by atoms with Crippen LogP contribution in [-0.4, -0.2) is 50.8 Å². The first-order chi connectivity index (χ1) is 11.2. The van der Waals surface area contributed by atoms with E-state index >= 15 is 0 Å². The molecule has 1 aromatic carbocycles. The Labute approximate surface area is 143 Å². The van der Waals surface area contributed by atoms with Crippen molar-refractivity contribution in [3.63, 3.8) is 0 Å². The van der Waals surface area contributed by atoms with Crippen molar-refractivity contribution in [2.45, 2.75) is 30.6 Å². The van der Waals surface area contributed by atoms with E-state index in [1.807, 2.05) is 36.0 Å². The van der Waals surface area contributed by atoms with Gasteiger partial charge in [0, 0.05) is 18.3 Å². The molecule has 0 aliphatic heterocycles. The Morgan fingerprint density at radius 3 is 2.61 bits per heavy atom. The molecule has 2 unspecified atom stereocenters. The number of hydrogen-bond acceptors (Lipinski definition) is 4. The standard InChI is InChI=1S/C17H27N3O2S/c1-18-17(20-13-4-9-16(12-13)23-3)19-10-11-22-15-7-5-14(21-2)6-8-15/h5-8,13,16H,4,9-12H2,1-3H3,(H2,18,19,20). The summed E-state index contributed by atoms with van der Waals surface area (Å²) in [5.74, 6) is 2.53. The summed E-state index contributed by atoms with van der Waals surface area (Å²) in [5, 5.41) is 7.58. The molecular weight excluding hydrogens is 310 g/mol. The molecule has 2 N–H and O–H groups in total. The fraction of sp³-hybridized carbons (Fsp3) is 0.588. The smallest absolute Gasteiger partial charge is 0.191 e. The third-order valence-electron chi connectivity index (χ3n) is 4.00. The molecule has 23 heavy (non-hydrogen) atoms. The Kier molecular flexibility index (Phi) is 7.39. The predicted octanol–water partition coefficient (Wildman–Crippen LogP) is 2.52. The topological polar surface area (TPSA) is 54.9 Å². The average molecular weight is 337 g/mol. The number of ether oxygens (including phenoxy) is 2. The van der Waals surface area contributed by atoms with E-state index in [9.17, 15) is 0 Å². The van der Waals surface area contributed by atoms with Crippen LogP contribution in [0.1, 0.15) is 19.3 Å². The minimum Gasteiger partial charge on any atom is -0.497 e. The van der Waals surface area contributed by atoms with Gasteiger partial charge < -0.3 is 20.1 Å². The first kappa shape index (κ1) is 17.8. The number of nitrogens with zero attached hydrogens (tertiary/aromatic N) is 1. The molecule has 1 aliphatic carbocycles. The molecule has 0 saturated heterocycles. The molecule has 5 nitrogen and oxygen atoms in total. The fourth-order valence-electron chi connectivity index (χ4n) is 2.68. The van der Waals surface area contributed by atoms with E-state index < -0.39 is 0 Å². The molecule has 0 radical (unpaired) electrons. The zero-order valence-electron chi connectivity index (χ0n) is 14.2. The largest absolute Gasteiger partial charge is 0.497 e. The van der Waals surface area contributed by atoms with Crippen LogP contribution in [-0.2, 0) is 0 Å². The van der Waals surface area contributed by atoms with Gasteiger partial charge in [-0.05, 0) is 49.8 Å². The molecule has 2 rings (SSSR count). The number of aliphatic imine (C=N–C) groups is 1. The second-order valence-electron chi connectivity index (χ2n) is 5.54. The quantitative estimate of drug-likeness (QED) is 0.455. The van der Waals surface area contributed by atoms with Crippen LogP contribution in [0.3, 0.4) is 0 Å². The number of nitrogens with one attached hydrogen (secondary N) is 2. The fourth-order valence-corrected chi connectivity index (χ4v) is 3.48. The van der Waals surface area contributed by atoms with Crippen LogP contribution >= 0.6 is 11.8 Å². The Hall–Kier alpha value is -1.56. The zero-order valence-corrected chi connectivity index (χ0v) is 15.0. The van der Waals surface area contributed by atoms with Crippen molar-refractivity contribution >= 4 is 17.7 Å². The Balaban J connectivity index is 1.65. The highest BCUT2D eigenvalue weighted by atomic mass is 32.2. The van der Waals surface area contributed by atoms with Gasteiger partial charge in [0.2, 0.25) is 0 Å². The average Bonchev–Trinajstić information content (AvgIpc) is 3.05. The summed E-state index contributed by atoms with van der Waals surface area (Å²) in [7, 11) is 3.46. The Morgan fingerprint density at radius 2 is 2.00 bits per heavy atom. The highest BCUT2D eigenvalue weighted by Gasteiger charge is 2.24. The summed E-state index contributed by atoms with van der Waals surface area (Å²) in [4.78, 5) is 4.29. The maximum absolute atomic E-state index is 5.70. The van der Waals surface area contributed by atoms with Gasteiger partial charge in [-0.15, -0.1) is 0 Å². The van der Waals surface area contributed by atoms with Crippen LogP contribution < -0.4 is 20.1 Å². The molecule has 6 heteroatoms. The maximum atomic E-state index is 5.70. The van der Waals surface area contributed by atoms with Crippen molar-refractivity contribution in [2.24, 2.45) is 4.99 Å². The summed E-state index contributed by atoms with van der Waals surface area (Å²) in [6.07, 6.45) is 5.91. The van der Waals surface area contributed by atoms with Crippen molar-refractivity contribution in [3.8, 4) is 11.5 Å². The van der Waals surface area contributed by atoms with Crippen LogP contribution in [0.15, 0.2) is 29.3 Å². The van der Waals surface area contributed by atoms with E-state index in [1.165, 1.54) is 19.3 Å². The van der Waals surface area contributed by atoms with Gasteiger partial charge in [0.25, 0.3) is 0 Å². The second-order valence-corrected chi connectivity index (χ2v) is 6.67. The molecule has 128 valence electrons. The van der Waals surface area contributed by atoms with Gasteiger partial charge in [-0.2, -0.15) is 11.8 Å². The number of hydrogen-bond donors (Lipinski definition) is 2. The zero-order chi connectivity index (χ0) is 16.5. The van der Waals surface area contributed by atoms with Crippen molar-refractivity contribution < 1.29 is 9.47 Å². The van der Waals surface area contributed by atoms with E-state index in [1.54, 1.807) is 14.2 Å². The summed E-state index contributed by atoms with van der Waals surface area (Å²) in [6, 6.07) is 8.14. The second kappa shape index (κ2) is 9.55. The van der Waals surface area contributed by atoms with Gasteiger partial charge in [-0.1, -0.05) is 0 Å². The number of guanidine groups is 1. The van der Waals surface area contributed by atoms with E-state index in [0.717, 1.165) is 22.7 Å². The van der Waals surface area contributed by atoms with E-state index in [0.29, 0.717) is 19.2 Å². The van der Waals surface area contributed by atoms with Gasteiger partial charge in [0.15, 0.2) is 5.96 Å². The van der Waals surface area contributed by atoms with Crippen molar-refractivity contribution in [3.05, 3.63) is 24.3 Å². The van der Waals surface area contributed by atoms with Crippen LogP contribution in [0.25, 0.3) is 0 Å². The van der Waals surface area contributed by atoms with Crippen LogP contribution in [0.2, 0.25) is 0 Å². The SMILES string of the molecule is CN=C(NCCOc1ccc(OC)cc1)NC1CCC(SC)C1. The Morgan fingerprint density at radius 1 is 1.26 bits per heavy atom. The van der Waals surface area contributed by atoms with E-state index in [4.69, 9.17) is 9.47 Å². The van der Waals surface area contributed by atoms with E-state index in [-0.39, 0.29) is 0 Å². The van der Waals surface area contributed by atoms with Crippen LogP contribution in [0, 0.1) is 0 Å². The van der Waals surface area contributed by atoms with Crippen LogP contribution in [0.4, 0.5) is 0 Å². The lowest BCUT2D eigenvalue weighted by Gasteiger charge is -2.17. The summed E-state index contributed by atoms with van der Waals surface area (Å²) >= 11 is 1.96. The number of rotatable bonds is 7. The molecular formula is C17H27N3O2S. The highest BCUT2D eigenvalue weighted by Crippen LogP contribution is 2.27.